The molecule has 0 aliphatic carbocycles. The second-order valence-electron chi connectivity index (χ2n) is 4.42. The molecule has 1 amide bonds. The highest BCUT2D eigenvalue weighted by atomic mass is 16.1. The summed E-state index contributed by atoms with van der Waals surface area (Å²) >= 11 is 0. The molecule has 0 unspecified atom stereocenters. The SMILES string of the molecule is Cc1cc(NCCC(=O)NCC(C)C)ncn1. The number of hydrogen-bond donors (Lipinski definition) is 2. The number of amides is 1. The van der Waals surface area contributed by atoms with Crippen molar-refractivity contribution >= 4 is 11.7 Å². The molecule has 1 aromatic heterocycles. The third-order valence-electron chi connectivity index (χ3n) is 2.17. The van der Waals surface area contributed by atoms with Crippen LogP contribution in [0.4, 0.5) is 5.82 Å². The van der Waals surface area contributed by atoms with Gasteiger partial charge in [0, 0.05) is 31.3 Å². The number of hydrogen-bond acceptors (Lipinski definition) is 4. The van der Waals surface area contributed by atoms with Gasteiger partial charge in [-0.05, 0) is 12.8 Å². The summed E-state index contributed by atoms with van der Waals surface area (Å²) in [6, 6.07) is 1.85. The zero-order valence-electron chi connectivity index (χ0n) is 10.7. The van der Waals surface area contributed by atoms with E-state index in [1.807, 2.05) is 13.0 Å². The quantitative estimate of drug-likeness (QED) is 0.782. The summed E-state index contributed by atoms with van der Waals surface area (Å²) in [6.07, 6.45) is 1.96. The number of rotatable bonds is 6. The molecule has 5 nitrogen and oxygen atoms in total. The van der Waals surface area contributed by atoms with Gasteiger partial charge in [0.15, 0.2) is 0 Å². The van der Waals surface area contributed by atoms with E-state index in [4.69, 9.17) is 0 Å². The van der Waals surface area contributed by atoms with Crippen LogP contribution in [0.2, 0.25) is 0 Å². The number of carbonyl (C=O) groups excluding carboxylic acids is 1. The molecule has 0 spiro atoms. The number of aromatic nitrogens is 2. The van der Waals surface area contributed by atoms with Crippen molar-refractivity contribution < 1.29 is 4.79 Å². The molecule has 0 aliphatic rings. The first-order valence-electron chi connectivity index (χ1n) is 5.87. The Balaban J connectivity index is 2.21. The van der Waals surface area contributed by atoms with Crippen LogP contribution in [-0.4, -0.2) is 29.0 Å². The summed E-state index contributed by atoms with van der Waals surface area (Å²) in [7, 11) is 0. The van der Waals surface area contributed by atoms with Crippen LogP contribution < -0.4 is 10.6 Å². The monoisotopic (exact) mass is 236 g/mol. The van der Waals surface area contributed by atoms with E-state index in [9.17, 15) is 4.79 Å². The number of anilines is 1. The van der Waals surface area contributed by atoms with Crippen LogP contribution in [0.1, 0.15) is 26.0 Å². The molecule has 0 saturated heterocycles. The van der Waals surface area contributed by atoms with Crippen LogP contribution in [0.5, 0.6) is 0 Å². The van der Waals surface area contributed by atoms with Gasteiger partial charge in [0.25, 0.3) is 0 Å². The molecular weight excluding hydrogens is 216 g/mol. The van der Waals surface area contributed by atoms with Gasteiger partial charge in [-0.15, -0.1) is 0 Å². The Kier molecular flexibility index (Phi) is 5.39. The Labute approximate surface area is 102 Å². The van der Waals surface area contributed by atoms with Gasteiger partial charge in [0.1, 0.15) is 12.1 Å². The van der Waals surface area contributed by atoms with Crippen LogP contribution in [0.15, 0.2) is 12.4 Å². The highest BCUT2D eigenvalue weighted by Gasteiger charge is 2.02. The standard InChI is InChI=1S/C12H20N4O/c1-9(2)7-14-12(17)4-5-13-11-6-10(3)15-8-16-11/h6,8-9H,4-5,7H2,1-3H3,(H,14,17)(H,13,15,16). The minimum Gasteiger partial charge on any atom is -0.369 e. The third kappa shape index (κ3) is 5.85. The van der Waals surface area contributed by atoms with E-state index in [2.05, 4.69) is 34.4 Å². The first-order valence-corrected chi connectivity index (χ1v) is 5.87. The summed E-state index contributed by atoms with van der Waals surface area (Å²) in [6.45, 7) is 7.36. The lowest BCUT2D eigenvalue weighted by atomic mass is 10.2. The summed E-state index contributed by atoms with van der Waals surface area (Å²) in [5.74, 6) is 1.31. The van der Waals surface area contributed by atoms with Crippen molar-refractivity contribution in [3.63, 3.8) is 0 Å². The Hall–Kier alpha value is -1.65. The van der Waals surface area contributed by atoms with E-state index in [0.29, 0.717) is 18.9 Å². The fourth-order valence-corrected chi connectivity index (χ4v) is 1.26. The number of aryl methyl sites for hydroxylation is 1. The van der Waals surface area contributed by atoms with E-state index in [1.165, 1.54) is 6.33 Å². The Morgan fingerprint density at radius 3 is 2.82 bits per heavy atom. The first-order chi connectivity index (χ1) is 8.08. The summed E-state index contributed by atoms with van der Waals surface area (Å²) < 4.78 is 0. The Morgan fingerprint density at radius 2 is 2.18 bits per heavy atom. The van der Waals surface area contributed by atoms with Crippen molar-refractivity contribution in [2.24, 2.45) is 5.92 Å². The minimum atomic E-state index is 0.0666. The van der Waals surface area contributed by atoms with Crippen molar-refractivity contribution in [3.05, 3.63) is 18.1 Å². The maximum absolute atomic E-state index is 11.4. The normalized spacial score (nSPS) is 10.4. The Morgan fingerprint density at radius 1 is 1.41 bits per heavy atom. The van der Waals surface area contributed by atoms with Gasteiger partial charge in [0.2, 0.25) is 5.91 Å². The molecule has 0 aliphatic heterocycles. The fourth-order valence-electron chi connectivity index (χ4n) is 1.26. The largest absolute Gasteiger partial charge is 0.369 e. The summed E-state index contributed by atoms with van der Waals surface area (Å²) in [4.78, 5) is 19.5. The van der Waals surface area contributed by atoms with Crippen molar-refractivity contribution in [2.75, 3.05) is 18.4 Å². The third-order valence-corrected chi connectivity index (χ3v) is 2.17. The Bertz CT molecular complexity index is 365. The number of nitrogens with one attached hydrogen (secondary N) is 2. The molecule has 0 saturated carbocycles. The average Bonchev–Trinajstić information content (AvgIpc) is 2.26. The van der Waals surface area contributed by atoms with Crippen LogP contribution in [0, 0.1) is 12.8 Å². The second-order valence-corrected chi connectivity index (χ2v) is 4.42. The highest BCUT2D eigenvalue weighted by Crippen LogP contribution is 2.02. The van der Waals surface area contributed by atoms with Crippen LogP contribution in [-0.2, 0) is 4.79 Å². The van der Waals surface area contributed by atoms with Gasteiger partial charge in [-0.2, -0.15) is 0 Å². The molecular formula is C12H20N4O. The van der Waals surface area contributed by atoms with Gasteiger partial charge in [-0.3, -0.25) is 4.79 Å². The van der Waals surface area contributed by atoms with E-state index >= 15 is 0 Å². The molecule has 5 heteroatoms. The molecule has 17 heavy (non-hydrogen) atoms. The van der Waals surface area contributed by atoms with Crippen molar-refractivity contribution in [2.45, 2.75) is 27.2 Å². The average molecular weight is 236 g/mol. The lowest BCUT2D eigenvalue weighted by molar-refractivity contribution is -0.120. The van der Waals surface area contributed by atoms with Gasteiger partial charge in [-0.25, -0.2) is 9.97 Å². The van der Waals surface area contributed by atoms with Crippen molar-refractivity contribution in [1.29, 1.82) is 0 Å². The predicted octanol–water partition coefficient (Wildman–Crippen LogP) is 1.36. The molecule has 0 fully saturated rings. The zero-order valence-corrected chi connectivity index (χ0v) is 10.7. The highest BCUT2D eigenvalue weighted by molar-refractivity contribution is 5.76. The van der Waals surface area contributed by atoms with Gasteiger partial charge in [-0.1, -0.05) is 13.8 Å². The van der Waals surface area contributed by atoms with Gasteiger partial charge >= 0.3 is 0 Å². The fraction of sp³-hybridized carbons (Fsp3) is 0.583. The molecule has 94 valence electrons. The lowest BCUT2D eigenvalue weighted by Crippen LogP contribution is -2.28. The van der Waals surface area contributed by atoms with Crippen LogP contribution in [0.25, 0.3) is 0 Å². The molecule has 0 bridgehead atoms. The maximum Gasteiger partial charge on any atom is 0.221 e. The smallest absolute Gasteiger partial charge is 0.221 e. The summed E-state index contributed by atoms with van der Waals surface area (Å²) in [5, 5.41) is 5.96. The number of carbonyl (C=O) groups is 1. The summed E-state index contributed by atoms with van der Waals surface area (Å²) in [5.41, 5.74) is 0.909. The van der Waals surface area contributed by atoms with E-state index < -0.39 is 0 Å². The predicted molar refractivity (Wildman–Crippen MR) is 67.7 cm³/mol. The van der Waals surface area contributed by atoms with E-state index in [0.717, 1.165) is 18.1 Å². The molecule has 1 rings (SSSR count). The minimum absolute atomic E-state index is 0.0666. The van der Waals surface area contributed by atoms with Crippen molar-refractivity contribution in [3.8, 4) is 0 Å². The molecule has 0 aromatic carbocycles. The molecule has 1 aromatic rings. The van der Waals surface area contributed by atoms with E-state index in [-0.39, 0.29) is 5.91 Å². The second kappa shape index (κ2) is 6.83. The van der Waals surface area contributed by atoms with Crippen LogP contribution >= 0.6 is 0 Å². The number of nitrogens with zero attached hydrogens (tertiary/aromatic N) is 2. The first kappa shape index (κ1) is 13.4. The maximum atomic E-state index is 11.4. The topological polar surface area (TPSA) is 66.9 Å². The molecule has 0 atom stereocenters. The lowest BCUT2D eigenvalue weighted by Gasteiger charge is -2.08. The van der Waals surface area contributed by atoms with E-state index in [1.54, 1.807) is 0 Å². The van der Waals surface area contributed by atoms with Gasteiger partial charge < -0.3 is 10.6 Å². The van der Waals surface area contributed by atoms with Crippen LogP contribution in [0.3, 0.4) is 0 Å². The zero-order chi connectivity index (χ0) is 12.7. The molecule has 0 radical (unpaired) electrons. The van der Waals surface area contributed by atoms with Crippen molar-refractivity contribution in [1.82, 2.24) is 15.3 Å². The molecule has 2 N–H and O–H groups in total. The molecule has 1 heterocycles. The van der Waals surface area contributed by atoms with Gasteiger partial charge in [0.05, 0.1) is 0 Å².